The molecule has 164 valence electrons. The minimum Gasteiger partial charge on any atom is -0.396 e. The average Bonchev–Trinajstić information content (AvgIpc) is 3.15. The summed E-state index contributed by atoms with van der Waals surface area (Å²) in [5.41, 5.74) is 3.29. The first kappa shape index (κ1) is 22.4. The van der Waals surface area contributed by atoms with Gasteiger partial charge in [-0.2, -0.15) is 13.2 Å². The van der Waals surface area contributed by atoms with E-state index in [1.807, 2.05) is 28.8 Å². The fraction of sp³-hybridized carbons (Fsp3) is 0.250. The van der Waals surface area contributed by atoms with Crippen molar-refractivity contribution in [1.29, 1.82) is 0 Å². The van der Waals surface area contributed by atoms with E-state index < -0.39 is 18.8 Å². The summed E-state index contributed by atoms with van der Waals surface area (Å²) in [4.78, 5) is 21.2. The standard InChI is InChI=1S/C20H19ClF3N5O2/c21-6-2-8-31-27-11-14-5-7-29-17(12-25-18(29)9-14)15-3-1-4-16(10-15)28-19(30)26-13-20(22,23)24/h1,3-5,7,9-12H,2,6,8,13H2,(H2,26,28,30)/b27-11+. The molecule has 0 fully saturated rings. The van der Waals surface area contributed by atoms with Crippen LogP contribution in [0.15, 0.2) is 53.9 Å². The normalized spacial score (nSPS) is 11.7. The minimum absolute atomic E-state index is 0.352. The zero-order chi connectivity index (χ0) is 22.3. The van der Waals surface area contributed by atoms with Crippen LogP contribution in [0.2, 0.25) is 0 Å². The number of hydrogen-bond donors (Lipinski definition) is 2. The lowest BCUT2D eigenvalue weighted by Crippen LogP contribution is -2.36. The Morgan fingerprint density at radius 2 is 2.13 bits per heavy atom. The maximum absolute atomic E-state index is 12.2. The third kappa shape index (κ3) is 6.61. The first-order valence-electron chi connectivity index (χ1n) is 9.26. The van der Waals surface area contributed by atoms with Gasteiger partial charge in [-0.25, -0.2) is 9.78 Å². The van der Waals surface area contributed by atoms with E-state index in [9.17, 15) is 18.0 Å². The lowest BCUT2D eigenvalue weighted by atomic mass is 10.1. The van der Waals surface area contributed by atoms with Gasteiger partial charge >= 0.3 is 12.2 Å². The molecule has 11 heteroatoms. The SMILES string of the molecule is O=C(NCC(F)(F)F)Nc1cccc(-c2cnc3cc(/C=N/OCCCCl)ccn23)c1. The lowest BCUT2D eigenvalue weighted by Gasteiger charge is -2.10. The maximum Gasteiger partial charge on any atom is 0.405 e. The number of halogens is 4. The number of aromatic nitrogens is 2. The smallest absolute Gasteiger partial charge is 0.396 e. The van der Waals surface area contributed by atoms with E-state index in [1.54, 1.807) is 35.9 Å². The predicted molar refractivity (Wildman–Crippen MR) is 113 cm³/mol. The highest BCUT2D eigenvalue weighted by molar-refractivity contribution is 6.17. The molecule has 1 aromatic carbocycles. The molecule has 3 rings (SSSR count). The highest BCUT2D eigenvalue weighted by Gasteiger charge is 2.27. The zero-order valence-electron chi connectivity index (χ0n) is 16.2. The Morgan fingerprint density at radius 1 is 1.29 bits per heavy atom. The van der Waals surface area contributed by atoms with Crippen molar-refractivity contribution in [3.8, 4) is 11.3 Å². The van der Waals surface area contributed by atoms with Crippen LogP contribution < -0.4 is 10.6 Å². The molecule has 0 aliphatic heterocycles. The number of fused-ring (bicyclic) bond motifs is 1. The van der Waals surface area contributed by atoms with Gasteiger partial charge in [-0.05, 0) is 30.7 Å². The average molecular weight is 454 g/mol. The van der Waals surface area contributed by atoms with Gasteiger partial charge in [0.25, 0.3) is 0 Å². The van der Waals surface area contributed by atoms with Crippen LogP contribution in [0.1, 0.15) is 12.0 Å². The molecule has 3 aromatic rings. The van der Waals surface area contributed by atoms with Crippen molar-refractivity contribution in [3.63, 3.8) is 0 Å². The topological polar surface area (TPSA) is 80.0 Å². The Balaban J connectivity index is 1.72. The molecule has 0 unspecified atom stereocenters. The van der Waals surface area contributed by atoms with Gasteiger partial charge in [-0.1, -0.05) is 17.3 Å². The number of nitrogens with zero attached hydrogens (tertiary/aromatic N) is 3. The number of pyridine rings is 1. The summed E-state index contributed by atoms with van der Waals surface area (Å²) in [7, 11) is 0. The van der Waals surface area contributed by atoms with Crippen molar-refractivity contribution in [1.82, 2.24) is 14.7 Å². The quantitative estimate of drug-likeness (QED) is 0.225. The molecule has 0 atom stereocenters. The largest absolute Gasteiger partial charge is 0.405 e. The van der Waals surface area contributed by atoms with Crippen LogP contribution in [0.4, 0.5) is 23.7 Å². The van der Waals surface area contributed by atoms with Gasteiger partial charge in [0, 0.05) is 28.9 Å². The number of alkyl halides is 4. The first-order valence-corrected chi connectivity index (χ1v) is 9.79. The van der Waals surface area contributed by atoms with E-state index >= 15 is 0 Å². The number of nitrogens with one attached hydrogen (secondary N) is 2. The fourth-order valence-electron chi connectivity index (χ4n) is 2.67. The molecule has 0 saturated heterocycles. The first-order chi connectivity index (χ1) is 14.9. The molecule has 0 aliphatic rings. The Morgan fingerprint density at radius 3 is 2.90 bits per heavy atom. The third-order valence-electron chi connectivity index (χ3n) is 4.05. The lowest BCUT2D eigenvalue weighted by molar-refractivity contribution is -0.122. The molecule has 2 aromatic heterocycles. The molecule has 2 N–H and O–H groups in total. The number of imidazole rings is 1. The molecule has 31 heavy (non-hydrogen) atoms. The van der Waals surface area contributed by atoms with Gasteiger partial charge in [0.1, 0.15) is 18.8 Å². The number of benzene rings is 1. The van der Waals surface area contributed by atoms with E-state index in [0.29, 0.717) is 30.2 Å². The third-order valence-corrected chi connectivity index (χ3v) is 4.32. The molecule has 0 saturated carbocycles. The minimum atomic E-state index is -4.48. The van der Waals surface area contributed by atoms with Gasteiger partial charge in [-0.15, -0.1) is 11.6 Å². The molecule has 2 heterocycles. The summed E-state index contributed by atoms with van der Waals surface area (Å²) >= 11 is 5.57. The highest BCUT2D eigenvalue weighted by Crippen LogP contribution is 2.24. The predicted octanol–water partition coefficient (Wildman–Crippen LogP) is 4.66. The Hall–Kier alpha value is -3.27. The Bertz CT molecular complexity index is 1070. The number of urea groups is 1. The summed E-state index contributed by atoms with van der Waals surface area (Å²) < 4.78 is 38.5. The van der Waals surface area contributed by atoms with Crippen LogP contribution in [-0.2, 0) is 4.84 Å². The van der Waals surface area contributed by atoms with Crippen molar-refractivity contribution in [2.45, 2.75) is 12.6 Å². The van der Waals surface area contributed by atoms with E-state index in [4.69, 9.17) is 16.4 Å². The van der Waals surface area contributed by atoms with E-state index in [0.717, 1.165) is 16.8 Å². The number of hydrogen-bond acceptors (Lipinski definition) is 4. The second-order valence-electron chi connectivity index (χ2n) is 6.45. The molecule has 0 bridgehead atoms. The summed E-state index contributed by atoms with van der Waals surface area (Å²) in [6, 6.07) is 9.44. The van der Waals surface area contributed by atoms with E-state index in [1.165, 1.54) is 0 Å². The van der Waals surface area contributed by atoms with Crippen LogP contribution >= 0.6 is 11.6 Å². The Labute approximate surface area is 180 Å². The second kappa shape index (κ2) is 10.2. The molecular weight excluding hydrogens is 435 g/mol. The van der Waals surface area contributed by atoms with Crippen molar-refractivity contribution in [2.24, 2.45) is 5.16 Å². The zero-order valence-corrected chi connectivity index (χ0v) is 17.0. The summed E-state index contributed by atoms with van der Waals surface area (Å²) in [5.74, 6) is 0.507. The molecule has 2 amide bonds. The molecule has 0 aliphatic carbocycles. The van der Waals surface area contributed by atoms with Gasteiger partial charge in [0.05, 0.1) is 18.1 Å². The van der Waals surface area contributed by atoms with E-state index in [2.05, 4.69) is 15.5 Å². The fourth-order valence-corrected chi connectivity index (χ4v) is 2.78. The van der Waals surface area contributed by atoms with Crippen LogP contribution in [0.3, 0.4) is 0 Å². The van der Waals surface area contributed by atoms with Gasteiger partial charge in [0.15, 0.2) is 0 Å². The van der Waals surface area contributed by atoms with Crippen LogP contribution in [0, 0.1) is 0 Å². The highest BCUT2D eigenvalue weighted by atomic mass is 35.5. The summed E-state index contributed by atoms with van der Waals surface area (Å²) in [6.07, 6.45) is 1.28. The van der Waals surface area contributed by atoms with Gasteiger partial charge in [0.2, 0.25) is 0 Å². The summed E-state index contributed by atoms with van der Waals surface area (Å²) in [6.45, 7) is -0.969. The number of carbonyl (C=O) groups excluding carboxylic acids is 1. The van der Waals surface area contributed by atoms with Crippen LogP contribution in [0.25, 0.3) is 16.9 Å². The summed E-state index contributed by atoms with van der Waals surface area (Å²) in [5, 5.41) is 8.04. The second-order valence-corrected chi connectivity index (χ2v) is 6.82. The van der Waals surface area contributed by atoms with Crippen LogP contribution in [0.5, 0.6) is 0 Å². The van der Waals surface area contributed by atoms with Gasteiger partial charge < -0.3 is 15.5 Å². The maximum atomic E-state index is 12.2. The number of amides is 2. The van der Waals surface area contributed by atoms with Crippen molar-refractivity contribution >= 4 is 35.2 Å². The number of oxime groups is 1. The van der Waals surface area contributed by atoms with Crippen molar-refractivity contribution < 1.29 is 22.8 Å². The number of rotatable bonds is 8. The number of carbonyl (C=O) groups is 1. The van der Waals surface area contributed by atoms with Crippen molar-refractivity contribution in [2.75, 3.05) is 24.3 Å². The van der Waals surface area contributed by atoms with E-state index in [-0.39, 0.29) is 0 Å². The molecule has 7 nitrogen and oxygen atoms in total. The monoisotopic (exact) mass is 453 g/mol. The number of anilines is 1. The van der Waals surface area contributed by atoms with Crippen LogP contribution in [-0.4, -0.2) is 46.8 Å². The van der Waals surface area contributed by atoms with Gasteiger partial charge in [-0.3, -0.25) is 4.40 Å². The molecular formula is C20H19ClF3N5O2. The van der Waals surface area contributed by atoms with Crippen molar-refractivity contribution in [3.05, 3.63) is 54.4 Å². The molecule has 0 spiro atoms. The Kier molecular flexibility index (Phi) is 7.35. The molecule has 0 radical (unpaired) electrons.